The summed E-state index contributed by atoms with van der Waals surface area (Å²) in [6.07, 6.45) is 6.93. The Morgan fingerprint density at radius 1 is 1.19 bits per heavy atom. The summed E-state index contributed by atoms with van der Waals surface area (Å²) in [5.74, 6) is 2.43. The molecule has 31 heavy (non-hydrogen) atoms. The van der Waals surface area contributed by atoms with Crippen LogP contribution in [0.1, 0.15) is 39.5 Å². The van der Waals surface area contributed by atoms with E-state index >= 15 is 0 Å². The highest BCUT2D eigenvalue weighted by Gasteiger charge is 2.49. The van der Waals surface area contributed by atoms with Crippen molar-refractivity contribution in [1.82, 2.24) is 25.5 Å². The number of halogens is 1. The number of amides is 1. The fourth-order valence-corrected chi connectivity index (χ4v) is 6.75. The summed E-state index contributed by atoms with van der Waals surface area (Å²) in [7, 11) is 0. The van der Waals surface area contributed by atoms with Crippen molar-refractivity contribution < 1.29 is 9.18 Å². The number of hydrogen-bond donors (Lipinski definition) is 2. The summed E-state index contributed by atoms with van der Waals surface area (Å²) in [6.45, 7) is 9.43. The van der Waals surface area contributed by atoms with E-state index in [0.29, 0.717) is 41.8 Å². The van der Waals surface area contributed by atoms with Crippen LogP contribution in [0.4, 0.5) is 10.3 Å². The minimum absolute atomic E-state index is 0.163. The van der Waals surface area contributed by atoms with E-state index in [0.717, 1.165) is 52.0 Å². The van der Waals surface area contributed by atoms with Gasteiger partial charge in [-0.2, -0.15) is 0 Å². The lowest BCUT2D eigenvalue weighted by atomic mass is 9.63. The van der Waals surface area contributed by atoms with Crippen LogP contribution in [0.2, 0.25) is 0 Å². The molecule has 170 valence electrons. The molecule has 3 aliphatic heterocycles. The van der Waals surface area contributed by atoms with Crippen molar-refractivity contribution in [1.29, 1.82) is 0 Å². The molecule has 1 aromatic heterocycles. The molecule has 0 aromatic carbocycles. The Hall–Kier alpha value is -1.80. The summed E-state index contributed by atoms with van der Waals surface area (Å²) < 4.78 is 13.1. The third-order valence-electron chi connectivity index (χ3n) is 8.15. The maximum absolute atomic E-state index is 13.1. The van der Waals surface area contributed by atoms with Crippen LogP contribution in [-0.2, 0) is 4.79 Å². The average molecular weight is 431 g/mol. The minimum Gasteiger partial charge on any atom is -0.353 e. The van der Waals surface area contributed by atoms with Crippen molar-refractivity contribution in [2.45, 2.75) is 57.7 Å². The zero-order valence-electron chi connectivity index (χ0n) is 18.6. The van der Waals surface area contributed by atoms with Crippen LogP contribution in [0.25, 0.3) is 0 Å². The van der Waals surface area contributed by atoms with Crippen LogP contribution in [0, 0.1) is 29.5 Å². The smallest absolute Gasteiger partial charge is 0.225 e. The third kappa shape index (κ3) is 4.16. The first-order chi connectivity index (χ1) is 15.0. The molecule has 0 bridgehead atoms. The number of carbonyl (C=O) groups is 1. The molecule has 0 radical (unpaired) electrons. The minimum atomic E-state index is -0.398. The quantitative estimate of drug-likeness (QED) is 0.760. The highest BCUT2D eigenvalue weighted by Crippen LogP contribution is 2.42. The molecule has 1 saturated carbocycles. The van der Waals surface area contributed by atoms with Crippen LogP contribution < -0.4 is 15.5 Å². The number of anilines is 1. The molecule has 1 aromatic rings. The fraction of sp³-hybridized carbons (Fsp3) is 0.783. The van der Waals surface area contributed by atoms with E-state index in [4.69, 9.17) is 0 Å². The van der Waals surface area contributed by atoms with Gasteiger partial charge in [0.05, 0.1) is 18.3 Å². The van der Waals surface area contributed by atoms with E-state index < -0.39 is 5.82 Å². The summed E-state index contributed by atoms with van der Waals surface area (Å²) in [6, 6.07) is 1.06. The van der Waals surface area contributed by atoms with Gasteiger partial charge in [-0.25, -0.2) is 14.4 Å². The van der Waals surface area contributed by atoms with Gasteiger partial charge in [0.1, 0.15) is 0 Å². The zero-order valence-corrected chi connectivity index (χ0v) is 18.6. The van der Waals surface area contributed by atoms with E-state index in [-0.39, 0.29) is 11.8 Å². The summed E-state index contributed by atoms with van der Waals surface area (Å²) in [5.41, 5.74) is 0. The largest absolute Gasteiger partial charge is 0.353 e. The van der Waals surface area contributed by atoms with Gasteiger partial charge < -0.3 is 15.5 Å². The Bertz CT molecular complexity index is 791. The number of piperidine rings is 2. The van der Waals surface area contributed by atoms with Crippen molar-refractivity contribution in [3.8, 4) is 0 Å². The number of nitrogens with zero attached hydrogens (tertiary/aromatic N) is 4. The first kappa shape index (κ1) is 21.1. The molecular formula is C23H35FN6O. The molecule has 2 N–H and O–H groups in total. The van der Waals surface area contributed by atoms with Crippen molar-refractivity contribution in [2.24, 2.45) is 23.7 Å². The highest BCUT2D eigenvalue weighted by atomic mass is 19.1. The SMILES string of the molecule is CC1CC(CN2CCN(c3ncc(F)cn3)CC2C)CC2NC(=O)C3CCCNC3C12. The van der Waals surface area contributed by atoms with E-state index in [1.807, 2.05) is 0 Å². The molecule has 4 fully saturated rings. The lowest BCUT2D eigenvalue weighted by Gasteiger charge is -2.52. The molecule has 4 heterocycles. The lowest BCUT2D eigenvalue weighted by molar-refractivity contribution is -0.135. The summed E-state index contributed by atoms with van der Waals surface area (Å²) in [5, 5.41) is 7.10. The maximum atomic E-state index is 13.1. The Balaban J connectivity index is 1.20. The van der Waals surface area contributed by atoms with E-state index in [1.54, 1.807) is 0 Å². The summed E-state index contributed by atoms with van der Waals surface area (Å²) in [4.78, 5) is 25.7. The predicted molar refractivity (Wildman–Crippen MR) is 117 cm³/mol. The second-order valence-corrected chi connectivity index (χ2v) is 10.2. The molecule has 1 aliphatic carbocycles. The van der Waals surface area contributed by atoms with Crippen LogP contribution in [0.15, 0.2) is 12.4 Å². The Kier molecular flexibility index (Phi) is 5.86. The maximum Gasteiger partial charge on any atom is 0.225 e. The second-order valence-electron chi connectivity index (χ2n) is 10.2. The molecule has 8 heteroatoms. The van der Waals surface area contributed by atoms with Crippen molar-refractivity contribution in [2.75, 3.05) is 37.6 Å². The average Bonchev–Trinajstić information content (AvgIpc) is 2.75. The number of hydrogen-bond acceptors (Lipinski definition) is 6. The van der Waals surface area contributed by atoms with Gasteiger partial charge in [-0.05, 0) is 56.9 Å². The van der Waals surface area contributed by atoms with E-state index in [9.17, 15) is 9.18 Å². The molecule has 7 unspecified atom stereocenters. The Morgan fingerprint density at radius 3 is 2.77 bits per heavy atom. The van der Waals surface area contributed by atoms with Gasteiger partial charge in [0.25, 0.3) is 0 Å². The van der Waals surface area contributed by atoms with E-state index in [2.05, 4.69) is 44.2 Å². The fourth-order valence-electron chi connectivity index (χ4n) is 6.75. The van der Waals surface area contributed by atoms with Gasteiger partial charge in [-0.1, -0.05) is 6.92 Å². The van der Waals surface area contributed by atoms with Gasteiger partial charge in [-0.3, -0.25) is 9.69 Å². The monoisotopic (exact) mass is 430 g/mol. The van der Waals surface area contributed by atoms with Crippen LogP contribution in [0.3, 0.4) is 0 Å². The number of nitrogens with one attached hydrogen (secondary N) is 2. The molecule has 0 spiro atoms. The highest BCUT2D eigenvalue weighted by molar-refractivity contribution is 5.81. The topological polar surface area (TPSA) is 73.4 Å². The van der Waals surface area contributed by atoms with E-state index in [1.165, 1.54) is 18.8 Å². The molecule has 4 aliphatic rings. The standard InChI is InChI=1S/C23H35FN6O/c1-14-8-16(9-19-20(14)21-18(22(31)28-19)4-3-5-25-21)13-29-6-7-30(12-15(29)2)23-26-10-17(24)11-27-23/h10-11,14-16,18-21,25H,3-9,12-13H2,1-2H3,(H,28,31). The first-order valence-electron chi connectivity index (χ1n) is 12.0. The molecule has 7 nitrogen and oxygen atoms in total. The number of aromatic nitrogens is 2. The Labute approximate surface area is 184 Å². The molecule has 1 amide bonds. The molecule has 5 rings (SSSR count). The molecular weight excluding hydrogens is 395 g/mol. The van der Waals surface area contributed by atoms with Gasteiger partial charge in [0, 0.05) is 44.3 Å². The molecule has 3 saturated heterocycles. The van der Waals surface area contributed by atoms with Crippen molar-refractivity contribution in [3.63, 3.8) is 0 Å². The number of fused-ring (bicyclic) bond motifs is 3. The normalized spacial score (nSPS) is 38.9. The van der Waals surface area contributed by atoms with Crippen LogP contribution in [0.5, 0.6) is 0 Å². The number of piperazine rings is 1. The third-order valence-corrected chi connectivity index (χ3v) is 8.15. The first-order valence-corrected chi connectivity index (χ1v) is 12.0. The van der Waals surface area contributed by atoms with Gasteiger partial charge in [0.2, 0.25) is 11.9 Å². The summed E-state index contributed by atoms with van der Waals surface area (Å²) >= 11 is 0. The second kappa shape index (κ2) is 8.62. The van der Waals surface area contributed by atoms with Crippen molar-refractivity contribution >= 4 is 11.9 Å². The lowest BCUT2D eigenvalue weighted by Crippen LogP contribution is -2.66. The van der Waals surface area contributed by atoms with Gasteiger partial charge in [0.15, 0.2) is 5.82 Å². The zero-order chi connectivity index (χ0) is 21.5. The van der Waals surface area contributed by atoms with Gasteiger partial charge in [-0.15, -0.1) is 0 Å². The number of rotatable bonds is 3. The predicted octanol–water partition coefficient (Wildman–Crippen LogP) is 1.66. The van der Waals surface area contributed by atoms with Crippen LogP contribution >= 0.6 is 0 Å². The van der Waals surface area contributed by atoms with Crippen molar-refractivity contribution in [3.05, 3.63) is 18.2 Å². The van der Waals surface area contributed by atoms with Gasteiger partial charge >= 0.3 is 0 Å². The number of carbonyl (C=O) groups excluding carboxylic acids is 1. The molecule has 7 atom stereocenters. The Morgan fingerprint density at radius 2 is 2.00 bits per heavy atom. The van der Waals surface area contributed by atoms with Crippen LogP contribution in [-0.4, -0.2) is 71.6 Å².